The molecule has 2 heteroatoms. The molecule has 3 rings (SSSR count). The predicted molar refractivity (Wildman–Crippen MR) is 109 cm³/mol. The molecule has 1 fully saturated rings. The summed E-state index contributed by atoms with van der Waals surface area (Å²) in [7, 11) is 2.28. The summed E-state index contributed by atoms with van der Waals surface area (Å²) in [6, 6.07) is 17.6. The fourth-order valence-electron chi connectivity index (χ4n) is 3.64. The number of nitrogens with zero attached hydrogens (tertiary/aromatic N) is 1. The Hall–Kier alpha value is -1.57. The van der Waals surface area contributed by atoms with Crippen LogP contribution in [0, 0.1) is 0 Å². The number of allylic oxidation sites excluding steroid dienone is 1. The molecule has 132 valence electrons. The minimum absolute atomic E-state index is 0.0572. The van der Waals surface area contributed by atoms with Crippen LogP contribution in [-0.2, 0) is 12.0 Å². The molecular weight excluding hydrogens is 326 g/mol. The Bertz CT molecular complexity index is 733. The largest absolute Gasteiger partial charge is 0.294 e. The third kappa shape index (κ3) is 4.16. The fourth-order valence-corrected chi connectivity index (χ4v) is 3.83. The number of rotatable bonds is 7. The van der Waals surface area contributed by atoms with Gasteiger partial charge in [0, 0.05) is 16.6 Å². The average molecular weight is 354 g/mol. The highest BCUT2D eigenvalue weighted by atomic mass is 35.5. The maximum absolute atomic E-state index is 6.32. The normalized spacial score (nSPS) is 17.2. The van der Waals surface area contributed by atoms with E-state index in [0.29, 0.717) is 0 Å². The summed E-state index contributed by atoms with van der Waals surface area (Å²) >= 11 is 6.32. The average Bonchev–Trinajstić information content (AvgIpc) is 3.46. The molecule has 1 saturated carbocycles. The van der Waals surface area contributed by atoms with E-state index in [1.54, 1.807) is 0 Å². The van der Waals surface area contributed by atoms with Crippen LogP contribution in [0.5, 0.6) is 0 Å². The second-order valence-electron chi connectivity index (χ2n) is 7.29. The van der Waals surface area contributed by atoms with Crippen LogP contribution in [0.15, 0.2) is 54.6 Å². The van der Waals surface area contributed by atoms with Gasteiger partial charge in [-0.2, -0.15) is 0 Å². The van der Waals surface area contributed by atoms with E-state index in [-0.39, 0.29) is 5.54 Å². The van der Waals surface area contributed by atoms with Crippen LogP contribution >= 0.6 is 11.6 Å². The summed E-state index contributed by atoms with van der Waals surface area (Å²) in [4.78, 5) is 2.57. The van der Waals surface area contributed by atoms with Crippen molar-refractivity contribution in [3.63, 3.8) is 0 Å². The number of halogens is 1. The maximum Gasteiger partial charge on any atom is 0.0432 e. The Kier molecular flexibility index (Phi) is 5.66. The Morgan fingerprint density at radius 3 is 2.52 bits per heavy atom. The van der Waals surface area contributed by atoms with Crippen LogP contribution in [-0.4, -0.2) is 18.0 Å². The van der Waals surface area contributed by atoms with Crippen molar-refractivity contribution in [2.75, 3.05) is 7.05 Å². The van der Waals surface area contributed by atoms with Crippen molar-refractivity contribution in [1.82, 2.24) is 4.90 Å². The lowest BCUT2D eigenvalue weighted by Crippen LogP contribution is -2.42. The minimum Gasteiger partial charge on any atom is -0.294 e. The van der Waals surface area contributed by atoms with Crippen LogP contribution in [0.1, 0.15) is 49.8 Å². The molecule has 25 heavy (non-hydrogen) atoms. The van der Waals surface area contributed by atoms with Gasteiger partial charge in [-0.25, -0.2) is 0 Å². The first-order valence-electron chi connectivity index (χ1n) is 9.28. The van der Waals surface area contributed by atoms with Gasteiger partial charge in [-0.1, -0.05) is 67.1 Å². The first kappa shape index (κ1) is 18.2. The van der Waals surface area contributed by atoms with Crippen molar-refractivity contribution in [1.29, 1.82) is 0 Å². The van der Waals surface area contributed by atoms with Gasteiger partial charge in [0.15, 0.2) is 0 Å². The topological polar surface area (TPSA) is 3.24 Å². The van der Waals surface area contributed by atoms with E-state index in [2.05, 4.69) is 74.3 Å². The van der Waals surface area contributed by atoms with Gasteiger partial charge in [-0.15, -0.1) is 0 Å². The Morgan fingerprint density at radius 1 is 1.16 bits per heavy atom. The SMILES string of the molecule is CCC(C)(c1ccc(Cl)cc1CC=Cc1ccccc1)N(C)C1CC1. The van der Waals surface area contributed by atoms with E-state index >= 15 is 0 Å². The standard InChI is InChI=1S/C23H28ClN/c1-4-23(2,25(3)21-14-15-21)22-16-13-20(24)17-19(22)12-8-11-18-9-6-5-7-10-18/h5-11,13,16-17,21H,4,12,14-15H2,1-3H3. The number of hydrogen-bond acceptors (Lipinski definition) is 1. The van der Waals surface area contributed by atoms with E-state index in [9.17, 15) is 0 Å². The number of hydrogen-bond donors (Lipinski definition) is 0. The van der Waals surface area contributed by atoms with Crippen molar-refractivity contribution >= 4 is 17.7 Å². The molecule has 1 aliphatic carbocycles. The zero-order valence-electron chi connectivity index (χ0n) is 15.5. The van der Waals surface area contributed by atoms with Crippen molar-refractivity contribution in [3.05, 3.63) is 76.3 Å². The van der Waals surface area contributed by atoms with Crippen LogP contribution in [0.25, 0.3) is 6.08 Å². The molecule has 0 amide bonds. The molecule has 0 spiro atoms. The van der Waals surface area contributed by atoms with E-state index < -0.39 is 0 Å². The third-order valence-corrected chi connectivity index (χ3v) is 5.89. The smallest absolute Gasteiger partial charge is 0.0432 e. The molecule has 2 aromatic carbocycles. The van der Waals surface area contributed by atoms with Crippen LogP contribution in [0.4, 0.5) is 0 Å². The second kappa shape index (κ2) is 7.76. The highest BCUT2D eigenvalue weighted by Crippen LogP contribution is 2.41. The first-order valence-corrected chi connectivity index (χ1v) is 9.66. The summed E-state index contributed by atoms with van der Waals surface area (Å²) in [6.07, 6.45) is 9.08. The van der Waals surface area contributed by atoms with E-state index in [1.807, 2.05) is 12.1 Å². The van der Waals surface area contributed by atoms with E-state index in [4.69, 9.17) is 11.6 Å². The lowest BCUT2D eigenvalue weighted by Gasteiger charge is -2.40. The van der Waals surface area contributed by atoms with Crippen LogP contribution in [0.2, 0.25) is 5.02 Å². The highest BCUT2D eigenvalue weighted by Gasteiger charge is 2.39. The zero-order valence-corrected chi connectivity index (χ0v) is 16.3. The third-order valence-electron chi connectivity index (χ3n) is 5.66. The zero-order chi connectivity index (χ0) is 17.9. The fraction of sp³-hybridized carbons (Fsp3) is 0.391. The van der Waals surface area contributed by atoms with Gasteiger partial charge < -0.3 is 0 Å². The molecule has 2 aromatic rings. The van der Waals surface area contributed by atoms with Gasteiger partial charge in [0.25, 0.3) is 0 Å². The summed E-state index contributed by atoms with van der Waals surface area (Å²) in [5.41, 5.74) is 4.03. The highest BCUT2D eigenvalue weighted by molar-refractivity contribution is 6.30. The summed E-state index contributed by atoms with van der Waals surface area (Å²) in [5, 5.41) is 0.819. The van der Waals surface area contributed by atoms with Gasteiger partial charge in [-0.05, 0) is 68.5 Å². The minimum atomic E-state index is 0.0572. The molecule has 0 aromatic heterocycles. The molecule has 0 bridgehead atoms. The molecule has 1 atom stereocenters. The molecule has 0 heterocycles. The van der Waals surface area contributed by atoms with Gasteiger partial charge in [-0.3, -0.25) is 4.90 Å². The van der Waals surface area contributed by atoms with Crippen LogP contribution in [0.3, 0.4) is 0 Å². The summed E-state index contributed by atoms with van der Waals surface area (Å²) < 4.78 is 0. The van der Waals surface area contributed by atoms with Gasteiger partial charge in [0.05, 0.1) is 0 Å². The quantitative estimate of drug-likeness (QED) is 0.563. The second-order valence-corrected chi connectivity index (χ2v) is 7.72. The Labute approximate surface area is 157 Å². The monoisotopic (exact) mass is 353 g/mol. The Morgan fingerprint density at radius 2 is 1.88 bits per heavy atom. The molecule has 0 N–H and O–H groups in total. The van der Waals surface area contributed by atoms with Crippen molar-refractivity contribution in [3.8, 4) is 0 Å². The summed E-state index contributed by atoms with van der Waals surface area (Å²) in [5.74, 6) is 0. The predicted octanol–water partition coefficient (Wildman–Crippen LogP) is 6.32. The molecule has 1 nitrogen and oxygen atoms in total. The lowest BCUT2D eigenvalue weighted by atomic mass is 9.83. The maximum atomic E-state index is 6.32. The van der Waals surface area contributed by atoms with E-state index in [1.165, 1.54) is 29.5 Å². The molecule has 1 unspecified atom stereocenters. The summed E-state index contributed by atoms with van der Waals surface area (Å²) in [6.45, 7) is 4.66. The van der Waals surface area contributed by atoms with Gasteiger partial charge >= 0.3 is 0 Å². The van der Waals surface area contributed by atoms with Crippen molar-refractivity contribution < 1.29 is 0 Å². The van der Waals surface area contributed by atoms with Gasteiger partial charge in [0.1, 0.15) is 0 Å². The molecule has 0 radical (unpaired) electrons. The number of benzene rings is 2. The van der Waals surface area contributed by atoms with Crippen molar-refractivity contribution in [2.24, 2.45) is 0 Å². The molecule has 0 aliphatic heterocycles. The van der Waals surface area contributed by atoms with Gasteiger partial charge in [0.2, 0.25) is 0 Å². The van der Waals surface area contributed by atoms with Crippen LogP contribution < -0.4 is 0 Å². The molecular formula is C23H28ClN. The lowest BCUT2D eigenvalue weighted by molar-refractivity contribution is 0.121. The van der Waals surface area contributed by atoms with Crippen molar-refractivity contribution in [2.45, 2.75) is 51.1 Å². The molecule has 0 saturated heterocycles. The Balaban J connectivity index is 1.88. The van der Waals surface area contributed by atoms with E-state index in [0.717, 1.165) is 23.9 Å². The molecule has 1 aliphatic rings. The first-order chi connectivity index (χ1) is 12.0.